The molecule has 0 radical (unpaired) electrons. The highest BCUT2D eigenvalue weighted by atomic mass is 32.2. The number of aromatic nitrogens is 3. The molecule has 1 fully saturated rings. The highest BCUT2D eigenvalue weighted by Crippen LogP contribution is 2.24. The van der Waals surface area contributed by atoms with Crippen LogP contribution in [-0.4, -0.2) is 32.5 Å². The minimum Gasteiger partial charge on any atom is -0.353 e. The number of carbonyl (C=O) groups is 1. The predicted molar refractivity (Wildman–Crippen MR) is 106 cm³/mol. The van der Waals surface area contributed by atoms with Crippen LogP contribution in [0, 0.1) is 6.92 Å². The Kier molecular flexibility index (Phi) is 6.72. The molecule has 0 aliphatic heterocycles. The van der Waals surface area contributed by atoms with Gasteiger partial charge in [0, 0.05) is 18.2 Å². The third kappa shape index (κ3) is 4.87. The Morgan fingerprint density at radius 1 is 1.15 bits per heavy atom. The Labute approximate surface area is 160 Å². The van der Waals surface area contributed by atoms with E-state index in [1.54, 1.807) is 0 Å². The van der Waals surface area contributed by atoms with Crippen molar-refractivity contribution >= 4 is 17.7 Å². The van der Waals surface area contributed by atoms with Crippen LogP contribution in [0.4, 0.5) is 0 Å². The lowest BCUT2D eigenvalue weighted by Crippen LogP contribution is -2.35. The van der Waals surface area contributed by atoms with Gasteiger partial charge < -0.3 is 9.88 Å². The van der Waals surface area contributed by atoms with E-state index in [0.29, 0.717) is 11.8 Å². The third-order valence-electron chi connectivity index (χ3n) is 4.90. The number of amides is 1. The normalized spacial score (nSPS) is 15.6. The SMILES string of the molecule is CCn1c(SCC(=O)NC2CCCCCC2)nnc1-c1ccc(C)cc1. The van der Waals surface area contributed by atoms with Crippen LogP contribution in [0.25, 0.3) is 11.4 Å². The van der Waals surface area contributed by atoms with Gasteiger partial charge in [0.15, 0.2) is 11.0 Å². The number of carbonyl (C=O) groups excluding carboxylic acids is 1. The summed E-state index contributed by atoms with van der Waals surface area (Å²) in [5, 5.41) is 12.7. The summed E-state index contributed by atoms with van der Waals surface area (Å²) in [6.45, 7) is 4.93. The molecule has 26 heavy (non-hydrogen) atoms. The summed E-state index contributed by atoms with van der Waals surface area (Å²) >= 11 is 1.47. The van der Waals surface area contributed by atoms with Crippen molar-refractivity contribution in [1.82, 2.24) is 20.1 Å². The lowest BCUT2D eigenvalue weighted by Gasteiger charge is -2.16. The molecule has 1 aromatic heterocycles. The molecular formula is C20H28N4OS. The lowest BCUT2D eigenvalue weighted by molar-refractivity contribution is -0.119. The second kappa shape index (κ2) is 9.21. The maximum atomic E-state index is 12.3. The van der Waals surface area contributed by atoms with Crippen LogP contribution in [0.3, 0.4) is 0 Å². The van der Waals surface area contributed by atoms with Crippen LogP contribution in [0.5, 0.6) is 0 Å². The fourth-order valence-electron chi connectivity index (χ4n) is 3.42. The molecule has 1 N–H and O–H groups in total. The van der Waals surface area contributed by atoms with Crippen molar-refractivity contribution < 1.29 is 4.79 Å². The van der Waals surface area contributed by atoms with Crippen LogP contribution in [-0.2, 0) is 11.3 Å². The van der Waals surface area contributed by atoms with E-state index in [4.69, 9.17) is 0 Å². The Hall–Kier alpha value is -1.82. The Balaban J connectivity index is 1.61. The first-order valence-corrected chi connectivity index (χ1v) is 10.6. The molecule has 6 heteroatoms. The Bertz CT molecular complexity index is 718. The summed E-state index contributed by atoms with van der Waals surface area (Å²) in [6.07, 6.45) is 7.26. The summed E-state index contributed by atoms with van der Waals surface area (Å²) < 4.78 is 2.08. The number of rotatable bonds is 6. The van der Waals surface area contributed by atoms with Gasteiger partial charge in [0.25, 0.3) is 0 Å². The highest BCUT2D eigenvalue weighted by molar-refractivity contribution is 7.99. The average molecular weight is 373 g/mol. The summed E-state index contributed by atoms with van der Waals surface area (Å²) in [5.41, 5.74) is 2.28. The topological polar surface area (TPSA) is 59.8 Å². The lowest BCUT2D eigenvalue weighted by atomic mass is 10.1. The fraction of sp³-hybridized carbons (Fsp3) is 0.550. The van der Waals surface area contributed by atoms with Crippen LogP contribution in [0.2, 0.25) is 0 Å². The van der Waals surface area contributed by atoms with Crippen LogP contribution in [0.15, 0.2) is 29.4 Å². The molecule has 1 aromatic carbocycles. The van der Waals surface area contributed by atoms with Crippen molar-refractivity contribution in [3.8, 4) is 11.4 Å². The van der Waals surface area contributed by atoms with Gasteiger partial charge in [-0.05, 0) is 26.7 Å². The second-order valence-electron chi connectivity index (χ2n) is 6.96. The van der Waals surface area contributed by atoms with E-state index >= 15 is 0 Å². The molecule has 0 saturated heterocycles. The molecule has 1 heterocycles. The molecule has 1 amide bonds. The molecule has 0 spiro atoms. The van der Waals surface area contributed by atoms with E-state index in [-0.39, 0.29) is 5.91 Å². The molecule has 0 atom stereocenters. The van der Waals surface area contributed by atoms with Gasteiger partial charge in [0.2, 0.25) is 5.91 Å². The number of nitrogens with zero attached hydrogens (tertiary/aromatic N) is 3. The average Bonchev–Trinajstić information content (AvgIpc) is 2.88. The van der Waals surface area contributed by atoms with E-state index in [2.05, 4.69) is 58.2 Å². The zero-order valence-electron chi connectivity index (χ0n) is 15.7. The van der Waals surface area contributed by atoms with Gasteiger partial charge in [-0.3, -0.25) is 4.79 Å². The number of thioether (sulfide) groups is 1. The minimum absolute atomic E-state index is 0.101. The first kappa shape index (κ1) is 19.0. The maximum Gasteiger partial charge on any atom is 0.230 e. The quantitative estimate of drug-likeness (QED) is 0.610. The third-order valence-corrected chi connectivity index (χ3v) is 5.86. The monoisotopic (exact) mass is 372 g/mol. The molecule has 1 aliphatic carbocycles. The number of benzene rings is 1. The summed E-state index contributed by atoms with van der Waals surface area (Å²) in [7, 11) is 0. The summed E-state index contributed by atoms with van der Waals surface area (Å²) in [6, 6.07) is 8.64. The Morgan fingerprint density at radius 2 is 1.85 bits per heavy atom. The molecule has 140 valence electrons. The van der Waals surface area contributed by atoms with Gasteiger partial charge in [-0.25, -0.2) is 0 Å². The Morgan fingerprint density at radius 3 is 2.50 bits per heavy atom. The van der Waals surface area contributed by atoms with Crippen LogP contribution in [0.1, 0.15) is 51.0 Å². The smallest absolute Gasteiger partial charge is 0.230 e. The van der Waals surface area contributed by atoms with Crippen molar-refractivity contribution in [2.75, 3.05) is 5.75 Å². The molecule has 0 bridgehead atoms. The van der Waals surface area contributed by atoms with Crippen LogP contribution >= 0.6 is 11.8 Å². The molecule has 5 nitrogen and oxygen atoms in total. The van der Waals surface area contributed by atoms with Crippen molar-refractivity contribution in [3.05, 3.63) is 29.8 Å². The minimum atomic E-state index is 0.101. The van der Waals surface area contributed by atoms with E-state index in [1.165, 1.54) is 43.0 Å². The van der Waals surface area contributed by atoms with E-state index in [1.807, 2.05) is 0 Å². The molecule has 1 saturated carbocycles. The van der Waals surface area contributed by atoms with E-state index < -0.39 is 0 Å². The number of aryl methyl sites for hydroxylation is 1. The molecule has 3 rings (SSSR count). The molecule has 1 aliphatic rings. The number of hydrogen-bond acceptors (Lipinski definition) is 4. The fourth-order valence-corrected chi connectivity index (χ4v) is 4.23. The van der Waals surface area contributed by atoms with Gasteiger partial charge in [0.1, 0.15) is 0 Å². The van der Waals surface area contributed by atoms with Crippen molar-refractivity contribution in [3.63, 3.8) is 0 Å². The molecule has 2 aromatic rings. The maximum absolute atomic E-state index is 12.3. The first-order valence-electron chi connectivity index (χ1n) is 9.59. The van der Waals surface area contributed by atoms with Gasteiger partial charge in [-0.1, -0.05) is 67.3 Å². The van der Waals surface area contributed by atoms with Crippen molar-refractivity contribution in [2.45, 2.75) is 70.1 Å². The van der Waals surface area contributed by atoms with Crippen LogP contribution < -0.4 is 5.32 Å². The van der Waals surface area contributed by atoms with E-state index in [9.17, 15) is 4.79 Å². The van der Waals surface area contributed by atoms with Gasteiger partial charge in [-0.15, -0.1) is 10.2 Å². The van der Waals surface area contributed by atoms with E-state index in [0.717, 1.165) is 35.9 Å². The van der Waals surface area contributed by atoms with Crippen molar-refractivity contribution in [1.29, 1.82) is 0 Å². The number of nitrogens with one attached hydrogen (secondary N) is 1. The first-order chi connectivity index (χ1) is 12.7. The standard InChI is InChI=1S/C20H28N4OS/c1-3-24-19(16-12-10-15(2)11-13-16)22-23-20(24)26-14-18(25)21-17-8-6-4-5-7-9-17/h10-13,17H,3-9,14H2,1-2H3,(H,21,25). The highest BCUT2D eigenvalue weighted by Gasteiger charge is 2.17. The second-order valence-corrected chi connectivity index (χ2v) is 7.90. The summed E-state index contributed by atoms with van der Waals surface area (Å²) in [4.78, 5) is 12.3. The summed E-state index contributed by atoms with van der Waals surface area (Å²) in [5.74, 6) is 1.35. The number of hydrogen-bond donors (Lipinski definition) is 1. The van der Waals surface area contributed by atoms with Gasteiger partial charge >= 0.3 is 0 Å². The largest absolute Gasteiger partial charge is 0.353 e. The van der Waals surface area contributed by atoms with Gasteiger partial charge in [0.05, 0.1) is 5.75 Å². The van der Waals surface area contributed by atoms with Crippen molar-refractivity contribution in [2.24, 2.45) is 0 Å². The predicted octanol–water partition coefficient (Wildman–Crippen LogP) is 4.20. The molecular weight excluding hydrogens is 344 g/mol. The zero-order chi connectivity index (χ0) is 18.4. The zero-order valence-corrected chi connectivity index (χ0v) is 16.5. The van der Waals surface area contributed by atoms with Gasteiger partial charge in [-0.2, -0.15) is 0 Å². The molecule has 0 unspecified atom stereocenters.